The summed E-state index contributed by atoms with van der Waals surface area (Å²) < 4.78 is 4.88. The molecule has 0 radical (unpaired) electrons. The summed E-state index contributed by atoms with van der Waals surface area (Å²) in [5.41, 5.74) is 0.466. The largest absolute Gasteiger partial charge is 0.462 e. The normalized spacial score (nSPS) is 9.95. The maximum Gasteiger partial charge on any atom is 0.348 e. The van der Waals surface area contributed by atoms with E-state index in [1.807, 2.05) is 0 Å². The van der Waals surface area contributed by atoms with Gasteiger partial charge in [0, 0.05) is 12.4 Å². The van der Waals surface area contributed by atoms with Gasteiger partial charge < -0.3 is 10.1 Å². The van der Waals surface area contributed by atoms with Crippen molar-refractivity contribution in [3.05, 3.63) is 47.1 Å². The zero-order valence-electron chi connectivity index (χ0n) is 10.3. The van der Waals surface area contributed by atoms with Gasteiger partial charge in [-0.1, -0.05) is 0 Å². The van der Waals surface area contributed by atoms with Gasteiger partial charge in [-0.3, -0.25) is 9.78 Å². The van der Waals surface area contributed by atoms with Gasteiger partial charge in [0.05, 0.1) is 17.2 Å². The molecule has 0 aromatic carbocycles. The monoisotopic (exact) mass is 276 g/mol. The van der Waals surface area contributed by atoms with E-state index < -0.39 is 0 Å². The first-order valence-corrected chi connectivity index (χ1v) is 6.50. The lowest BCUT2D eigenvalue weighted by Crippen LogP contribution is -2.10. The molecule has 0 fully saturated rings. The van der Waals surface area contributed by atoms with E-state index in [1.165, 1.54) is 17.5 Å². The Morgan fingerprint density at radius 1 is 1.37 bits per heavy atom. The van der Waals surface area contributed by atoms with Crippen LogP contribution in [0.1, 0.15) is 27.0 Å². The summed E-state index contributed by atoms with van der Waals surface area (Å²) in [6.07, 6.45) is 3.08. The second-order valence-electron chi connectivity index (χ2n) is 3.58. The number of thiophene rings is 1. The summed E-state index contributed by atoms with van der Waals surface area (Å²) >= 11 is 1.18. The van der Waals surface area contributed by atoms with E-state index in [2.05, 4.69) is 10.3 Å². The number of pyridine rings is 1. The molecule has 6 heteroatoms. The van der Waals surface area contributed by atoms with Crippen molar-refractivity contribution < 1.29 is 14.3 Å². The van der Waals surface area contributed by atoms with Gasteiger partial charge in [0.25, 0.3) is 5.91 Å². The van der Waals surface area contributed by atoms with Crippen LogP contribution in [0.15, 0.2) is 36.7 Å². The Labute approximate surface area is 114 Å². The van der Waals surface area contributed by atoms with E-state index in [0.29, 0.717) is 22.0 Å². The lowest BCUT2D eigenvalue weighted by atomic mass is 10.3. The lowest BCUT2D eigenvalue weighted by molar-refractivity contribution is 0.0532. The molecule has 19 heavy (non-hydrogen) atoms. The first kappa shape index (κ1) is 13.2. The number of anilines is 1. The van der Waals surface area contributed by atoms with Gasteiger partial charge in [-0.15, -0.1) is 11.3 Å². The predicted octanol–water partition coefficient (Wildman–Crippen LogP) is 2.57. The number of hydrogen-bond donors (Lipinski definition) is 1. The molecule has 2 heterocycles. The van der Waals surface area contributed by atoms with Crippen molar-refractivity contribution in [2.24, 2.45) is 0 Å². The highest BCUT2D eigenvalue weighted by Gasteiger charge is 2.12. The van der Waals surface area contributed by atoms with Crippen molar-refractivity contribution in [3.63, 3.8) is 0 Å². The molecule has 1 amide bonds. The molecular formula is C13H12N2O3S. The topological polar surface area (TPSA) is 68.3 Å². The Morgan fingerprint density at radius 2 is 2.21 bits per heavy atom. The van der Waals surface area contributed by atoms with Crippen LogP contribution in [0.5, 0.6) is 0 Å². The molecular weight excluding hydrogens is 264 g/mol. The number of amides is 1. The minimum absolute atomic E-state index is 0.259. The summed E-state index contributed by atoms with van der Waals surface area (Å²) in [4.78, 5) is 27.7. The van der Waals surface area contributed by atoms with Gasteiger partial charge in [-0.2, -0.15) is 0 Å². The Morgan fingerprint density at radius 3 is 2.89 bits per heavy atom. The average Bonchev–Trinajstić information content (AvgIpc) is 2.88. The number of aromatic nitrogens is 1. The van der Waals surface area contributed by atoms with Crippen LogP contribution in [0.3, 0.4) is 0 Å². The summed E-state index contributed by atoms with van der Waals surface area (Å²) in [6.45, 7) is 2.07. The van der Waals surface area contributed by atoms with Gasteiger partial charge in [0.1, 0.15) is 4.88 Å². The van der Waals surface area contributed by atoms with Crippen molar-refractivity contribution in [1.82, 2.24) is 4.98 Å². The van der Waals surface area contributed by atoms with E-state index in [9.17, 15) is 9.59 Å². The molecule has 0 atom stereocenters. The standard InChI is InChI=1S/C13H12N2O3S/c1-2-18-13(17)10-5-6-11(19-10)15-12(16)9-4-3-7-14-8-9/h3-8H,2H2,1H3,(H,15,16). The number of ether oxygens (including phenoxy) is 1. The van der Waals surface area contributed by atoms with Crippen LogP contribution < -0.4 is 5.32 Å². The predicted molar refractivity (Wildman–Crippen MR) is 72.5 cm³/mol. The highest BCUT2D eigenvalue weighted by atomic mass is 32.1. The van der Waals surface area contributed by atoms with Crippen LogP contribution in [0.25, 0.3) is 0 Å². The van der Waals surface area contributed by atoms with Gasteiger partial charge in [-0.05, 0) is 31.2 Å². The number of nitrogens with one attached hydrogen (secondary N) is 1. The third-order valence-electron chi connectivity index (χ3n) is 2.24. The first-order chi connectivity index (χ1) is 9.20. The van der Waals surface area contributed by atoms with Crippen LogP contribution in [0.2, 0.25) is 0 Å². The number of nitrogens with zero attached hydrogens (tertiary/aromatic N) is 1. The van der Waals surface area contributed by atoms with Crippen molar-refractivity contribution >= 4 is 28.2 Å². The van der Waals surface area contributed by atoms with Crippen LogP contribution in [0, 0.1) is 0 Å². The molecule has 0 spiro atoms. The van der Waals surface area contributed by atoms with Crippen molar-refractivity contribution in [2.45, 2.75) is 6.92 Å². The SMILES string of the molecule is CCOC(=O)c1ccc(NC(=O)c2cccnc2)s1. The average molecular weight is 276 g/mol. The fourth-order valence-electron chi connectivity index (χ4n) is 1.40. The lowest BCUT2D eigenvalue weighted by Gasteiger charge is -2.01. The Bertz CT molecular complexity index is 581. The molecule has 0 saturated heterocycles. The van der Waals surface area contributed by atoms with Crippen molar-refractivity contribution in [3.8, 4) is 0 Å². The second kappa shape index (κ2) is 6.10. The fourth-order valence-corrected chi connectivity index (χ4v) is 2.19. The van der Waals surface area contributed by atoms with E-state index in [4.69, 9.17) is 4.74 Å². The molecule has 5 nitrogen and oxygen atoms in total. The Balaban J connectivity index is 2.04. The third-order valence-corrected chi connectivity index (χ3v) is 3.22. The summed E-state index contributed by atoms with van der Waals surface area (Å²) in [5, 5.41) is 3.30. The van der Waals surface area contributed by atoms with Crippen molar-refractivity contribution in [2.75, 3.05) is 11.9 Å². The molecule has 2 aromatic rings. The molecule has 98 valence electrons. The fraction of sp³-hybridized carbons (Fsp3) is 0.154. The van der Waals surface area contributed by atoms with Gasteiger partial charge in [0.2, 0.25) is 0 Å². The third kappa shape index (κ3) is 3.38. The Kier molecular flexibility index (Phi) is 4.25. The number of hydrogen-bond acceptors (Lipinski definition) is 5. The summed E-state index contributed by atoms with van der Waals surface area (Å²) in [6, 6.07) is 6.66. The van der Waals surface area contributed by atoms with Crippen LogP contribution in [-0.4, -0.2) is 23.5 Å². The maximum atomic E-state index is 11.9. The van der Waals surface area contributed by atoms with Gasteiger partial charge >= 0.3 is 5.97 Å². The van der Waals surface area contributed by atoms with E-state index in [0.717, 1.165) is 0 Å². The number of esters is 1. The van der Waals surface area contributed by atoms with Crippen LogP contribution >= 0.6 is 11.3 Å². The first-order valence-electron chi connectivity index (χ1n) is 5.69. The minimum atomic E-state index is -0.380. The number of rotatable bonds is 4. The maximum absolute atomic E-state index is 11.9. The molecule has 0 unspecified atom stereocenters. The van der Waals surface area contributed by atoms with Gasteiger partial charge in [-0.25, -0.2) is 4.79 Å². The molecule has 1 N–H and O–H groups in total. The second-order valence-corrected chi connectivity index (χ2v) is 4.66. The van der Waals surface area contributed by atoms with Crippen LogP contribution in [-0.2, 0) is 4.74 Å². The number of carbonyl (C=O) groups is 2. The van der Waals surface area contributed by atoms with Crippen molar-refractivity contribution in [1.29, 1.82) is 0 Å². The van der Waals surface area contributed by atoms with Crippen LogP contribution in [0.4, 0.5) is 5.00 Å². The Hall–Kier alpha value is -2.21. The zero-order valence-corrected chi connectivity index (χ0v) is 11.1. The quantitative estimate of drug-likeness (QED) is 0.871. The zero-order chi connectivity index (χ0) is 13.7. The highest BCUT2D eigenvalue weighted by Crippen LogP contribution is 2.23. The molecule has 2 aromatic heterocycles. The summed E-state index contributed by atoms with van der Waals surface area (Å²) in [7, 11) is 0. The summed E-state index contributed by atoms with van der Waals surface area (Å²) in [5.74, 6) is -0.639. The molecule has 0 bridgehead atoms. The minimum Gasteiger partial charge on any atom is -0.462 e. The van der Waals surface area contributed by atoms with Gasteiger partial charge in [0.15, 0.2) is 0 Å². The molecule has 2 rings (SSSR count). The number of carbonyl (C=O) groups excluding carboxylic acids is 2. The van der Waals surface area contributed by atoms with E-state index in [-0.39, 0.29) is 11.9 Å². The molecule has 0 saturated carbocycles. The van der Waals surface area contributed by atoms with E-state index >= 15 is 0 Å². The molecule has 0 aliphatic carbocycles. The smallest absolute Gasteiger partial charge is 0.348 e. The molecule has 0 aliphatic heterocycles. The highest BCUT2D eigenvalue weighted by molar-refractivity contribution is 7.18. The van der Waals surface area contributed by atoms with E-state index in [1.54, 1.807) is 37.4 Å². The molecule has 0 aliphatic rings.